The summed E-state index contributed by atoms with van der Waals surface area (Å²) >= 11 is 0. The van der Waals surface area contributed by atoms with Crippen LogP contribution in [0.4, 0.5) is 0 Å². The third-order valence-electron chi connectivity index (χ3n) is 1.37. The van der Waals surface area contributed by atoms with Crippen molar-refractivity contribution in [2.24, 2.45) is 0 Å². The normalized spacial score (nSPS) is 16.3. The van der Waals surface area contributed by atoms with Crippen molar-refractivity contribution in [1.82, 2.24) is 0 Å². The summed E-state index contributed by atoms with van der Waals surface area (Å²) in [7, 11) is 0. The topological polar surface area (TPSA) is 138 Å². The second kappa shape index (κ2) is 7.30. The Kier molecular flexibility index (Phi) is 8.55. The van der Waals surface area contributed by atoms with Gasteiger partial charge in [-0.05, 0) is 0 Å². The van der Waals surface area contributed by atoms with Gasteiger partial charge in [-0.3, -0.25) is 4.79 Å². The van der Waals surface area contributed by atoms with Gasteiger partial charge in [-0.15, -0.1) is 0 Å². The van der Waals surface area contributed by atoms with Crippen molar-refractivity contribution in [3.8, 4) is 0 Å². The molecule has 0 unspecified atom stereocenters. The van der Waals surface area contributed by atoms with Crippen LogP contribution in [0.5, 0.6) is 0 Å². The number of aliphatic carboxylic acids is 1. The summed E-state index contributed by atoms with van der Waals surface area (Å²) in [6, 6.07) is 0. The minimum Gasteiger partial charge on any atom is -0.547 e. The molecular weight excluding hydrogens is 207 g/mol. The van der Waals surface area contributed by atoms with Gasteiger partial charge < -0.3 is 30.3 Å². The second-order valence-electron chi connectivity index (χ2n) is 2.32. The number of rotatable bonds is 5. The van der Waals surface area contributed by atoms with Crippen LogP contribution in [-0.4, -0.2) is 57.1 Å². The van der Waals surface area contributed by atoms with Gasteiger partial charge in [-0.1, -0.05) is 0 Å². The number of carbonyl (C=O) groups is 2. The predicted octanol–water partition coefficient (Wildman–Crippen LogP) is -7.62. The predicted molar refractivity (Wildman–Crippen MR) is 35.1 cm³/mol. The van der Waals surface area contributed by atoms with Crippen LogP contribution in [-0.2, 0) is 9.59 Å². The number of carbonyl (C=O) groups excluding carboxylic acids is 2. The summed E-state index contributed by atoms with van der Waals surface area (Å²) in [5.74, 6) is -3.20. The summed E-state index contributed by atoms with van der Waals surface area (Å²) in [4.78, 5) is 20.4. The molecule has 0 aliphatic carbocycles. The van der Waals surface area contributed by atoms with E-state index in [0.29, 0.717) is 0 Å². The Bertz CT molecular complexity index is 206. The maximum Gasteiger partial charge on any atom is 1.00 e. The van der Waals surface area contributed by atoms with Crippen LogP contribution < -0.4 is 34.7 Å². The molecule has 0 rings (SSSR count). The average molecular weight is 216 g/mol. The number of aliphatic hydroxyl groups excluding tert-OH is 4. The smallest absolute Gasteiger partial charge is 0.547 e. The van der Waals surface area contributed by atoms with E-state index in [1.807, 2.05) is 0 Å². The first kappa shape index (κ1) is 16.4. The van der Waals surface area contributed by atoms with E-state index in [-0.39, 0.29) is 29.6 Å². The van der Waals surface area contributed by atoms with Crippen molar-refractivity contribution in [2.75, 3.05) is 6.61 Å². The molecular formula is C6H9NaO7. The molecule has 0 saturated heterocycles. The van der Waals surface area contributed by atoms with E-state index in [2.05, 4.69) is 0 Å². The van der Waals surface area contributed by atoms with Gasteiger partial charge in [0.25, 0.3) is 0 Å². The maximum atomic E-state index is 10.5. The van der Waals surface area contributed by atoms with Crippen LogP contribution in [0.3, 0.4) is 0 Å². The Morgan fingerprint density at radius 2 is 1.57 bits per heavy atom. The van der Waals surface area contributed by atoms with E-state index in [9.17, 15) is 14.7 Å². The van der Waals surface area contributed by atoms with Crippen molar-refractivity contribution < 1.29 is 64.7 Å². The molecule has 0 aromatic rings. The third-order valence-corrected chi connectivity index (χ3v) is 1.37. The standard InChI is InChI=1S/C6H10O7.Na/c7-1-2(8)3(9)4(10)5(11)6(12)13;/h3-5,7,9-11H,1H2,(H,12,13);/q;+1/p-1/t3-,4+,5-;/m1./s1. The van der Waals surface area contributed by atoms with Crippen LogP contribution in [0, 0.1) is 0 Å². The Hall–Kier alpha value is -0.0200. The molecule has 0 saturated carbocycles. The number of carboxylic acids is 1. The van der Waals surface area contributed by atoms with Crippen LogP contribution in [0.15, 0.2) is 0 Å². The molecule has 7 nitrogen and oxygen atoms in total. The summed E-state index contributed by atoms with van der Waals surface area (Å²) in [5.41, 5.74) is 0. The van der Waals surface area contributed by atoms with Crippen molar-refractivity contribution in [3.05, 3.63) is 0 Å². The summed E-state index contributed by atoms with van der Waals surface area (Å²) in [5, 5.41) is 44.4. The molecule has 0 aromatic heterocycles. The van der Waals surface area contributed by atoms with Gasteiger partial charge in [0, 0.05) is 0 Å². The fraction of sp³-hybridized carbons (Fsp3) is 0.667. The summed E-state index contributed by atoms with van der Waals surface area (Å²) in [6.07, 6.45) is -6.71. The molecule has 0 aromatic carbocycles. The maximum absolute atomic E-state index is 10.5. The fourth-order valence-corrected chi connectivity index (χ4v) is 0.596. The van der Waals surface area contributed by atoms with Crippen LogP contribution in [0.1, 0.15) is 0 Å². The average Bonchev–Trinajstić information content (AvgIpc) is 2.12. The third kappa shape index (κ3) is 4.47. The number of hydrogen-bond acceptors (Lipinski definition) is 7. The van der Waals surface area contributed by atoms with Gasteiger partial charge in [0.15, 0.2) is 5.78 Å². The van der Waals surface area contributed by atoms with Crippen LogP contribution in [0.2, 0.25) is 0 Å². The zero-order valence-corrected chi connectivity index (χ0v) is 9.45. The zero-order chi connectivity index (χ0) is 10.6. The largest absolute Gasteiger partial charge is 1.00 e. The van der Waals surface area contributed by atoms with E-state index < -0.39 is 36.7 Å². The minimum absolute atomic E-state index is 0. The molecule has 0 aliphatic rings. The summed E-state index contributed by atoms with van der Waals surface area (Å²) in [6.45, 7) is -1.06. The molecule has 76 valence electrons. The quantitative estimate of drug-likeness (QED) is 0.335. The molecule has 0 fully saturated rings. The van der Waals surface area contributed by atoms with Gasteiger partial charge in [-0.2, -0.15) is 0 Å². The number of Topliss-reactive ketones (excluding diaryl/α,β-unsaturated/α-hetero) is 1. The Labute approximate surface area is 101 Å². The SMILES string of the molecule is O=C(CO)[C@@H](O)[C@H](O)[C@@H](O)C(=O)[O-].[Na+]. The molecule has 4 N–H and O–H groups in total. The molecule has 0 bridgehead atoms. The van der Waals surface area contributed by atoms with Crippen molar-refractivity contribution >= 4 is 11.8 Å². The van der Waals surface area contributed by atoms with E-state index in [1.165, 1.54) is 0 Å². The van der Waals surface area contributed by atoms with Gasteiger partial charge in [0.05, 0.1) is 5.97 Å². The Morgan fingerprint density at radius 3 is 1.86 bits per heavy atom. The molecule has 0 spiro atoms. The first-order valence-electron chi connectivity index (χ1n) is 3.30. The molecule has 0 aliphatic heterocycles. The molecule has 8 heteroatoms. The fourth-order valence-electron chi connectivity index (χ4n) is 0.596. The zero-order valence-electron chi connectivity index (χ0n) is 7.45. The van der Waals surface area contributed by atoms with Crippen molar-refractivity contribution in [3.63, 3.8) is 0 Å². The van der Waals surface area contributed by atoms with Crippen LogP contribution >= 0.6 is 0 Å². The van der Waals surface area contributed by atoms with E-state index in [1.54, 1.807) is 0 Å². The van der Waals surface area contributed by atoms with Gasteiger partial charge in [0.1, 0.15) is 24.9 Å². The summed E-state index contributed by atoms with van der Waals surface area (Å²) < 4.78 is 0. The first-order valence-corrected chi connectivity index (χ1v) is 3.30. The number of aliphatic hydroxyl groups is 4. The van der Waals surface area contributed by atoms with E-state index in [0.717, 1.165) is 0 Å². The van der Waals surface area contributed by atoms with Crippen molar-refractivity contribution in [2.45, 2.75) is 18.3 Å². The molecule has 3 atom stereocenters. The molecule has 0 amide bonds. The minimum atomic E-state index is -2.37. The Balaban J connectivity index is 0. The number of carboxylic acid groups (broad SMARTS) is 1. The number of hydrogen-bond donors (Lipinski definition) is 4. The van der Waals surface area contributed by atoms with Gasteiger partial charge in [-0.25, -0.2) is 0 Å². The van der Waals surface area contributed by atoms with E-state index in [4.69, 9.17) is 20.4 Å². The van der Waals surface area contributed by atoms with Crippen LogP contribution in [0.25, 0.3) is 0 Å². The molecule has 0 radical (unpaired) electrons. The molecule has 14 heavy (non-hydrogen) atoms. The van der Waals surface area contributed by atoms with Gasteiger partial charge >= 0.3 is 29.6 Å². The van der Waals surface area contributed by atoms with E-state index >= 15 is 0 Å². The molecule has 0 heterocycles. The van der Waals surface area contributed by atoms with Gasteiger partial charge in [0.2, 0.25) is 0 Å². The van der Waals surface area contributed by atoms with Crippen molar-refractivity contribution in [1.29, 1.82) is 0 Å². The number of ketones is 1. The first-order chi connectivity index (χ1) is 5.91. The Morgan fingerprint density at radius 1 is 1.14 bits per heavy atom. The second-order valence-corrected chi connectivity index (χ2v) is 2.32. The monoisotopic (exact) mass is 216 g/mol.